The topological polar surface area (TPSA) is 505 Å². The van der Waals surface area contributed by atoms with Crippen LogP contribution in [-0.2, 0) is 20.8 Å². The average Bonchev–Trinajstić information content (AvgIpc) is 1.63. The summed E-state index contributed by atoms with van der Waals surface area (Å²) < 4.78 is 40.3. The Labute approximate surface area is 837 Å². The molecule has 4 amide bonds. The number of H-pyrrole nitrogens is 8. The molecule has 0 aliphatic rings. The molecule has 40 heteroatoms. The highest BCUT2D eigenvalue weighted by Gasteiger charge is 2.25. The van der Waals surface area contributed by atoms with Crippen LogP contribution in [0.1, 0.15) is 59.4 Å². The van der Waals surface area contributed by atoms with E-state index in [1.807, 2.05) is 95.3 Å². The summed E-state index contributed by atoms with van der Waals surface area (Å²) >= 11 is 0. The number of ketones is 1. The van der Waals surface area contributed by atoms with E-state index in [0.29, 0.717) is 122 Å². The maximum Gasteiger partial charge on any atom is 0.321 e. The number of carbonyl (C=O) groups excluding carboxylic acids is 4. The van der Waals surface area contributed by atoms with Crippen LogP contribution in [0.15, 0.2) is 270 Å². The normalized spacial score (nSPS) is 11.4. The summed E-state index contributed by atoms with van der Waals surface area (Å²) in [6.07, 6.45) is 39.9. The second-order valence-corrected chi connectivity index (χ2v) is 35.7. The first-order valence-electron chi connectivity index (χ1n) is 46.9. The molecule has 0 fully saturated rings. The largest absolute Gasteiger partial charge is 0.335 e. The molecule has 0 unspecified atom stereocenters. The van der Waals surface area contributed by atoms with Crippen molar-refractivity contribution < 1.29 is 32.3 Å². The van der Waals surface area contributed by atoms with Gasteiger partial charge in [-0.1, -0.05) is 77.1 Å². The number of aromatic nitrogens is 29. The lowest BCUT2D eigenvalue weighted by Crippen LogP contribution is -2.27. The van der Waals surface area contributed by atoms with Crippen LogP contribution >= 0.6 is 0 Å². The van der Waals surface area contributed by atoms with Crippen LogP contribution in [-0.4, -0.2) is 188 Å². The number of hydrogen-bond acceptors (Lipinski definition) is 25. The zero-order valence-corrected chi connectivity index (χ0v) is 80.0. The highest BCUT2D eigenvalue weighted by atomic mass is 19.1. The monoisotopic (exact) mass is 1970 g/mol. The summed E-state index contributed by atoms with van der Waals surface area (Å²) in [4.78, 5) is 139. The zero-order valence-electron chi connectivity index (χ0n) is 80.0. The smallest absolute Gasteiger partial charge is 0.321 e. The number of nitrogens with zero attached hydrogens (tertiary/aromatic N) is 22. The Balaban J connectivity index is 0.000000116. The van der Waals surface area contributed by atoms with Crippen molar-refractivity contribution in [2.75, 3.05) is 30.0 Å². The Kier molecular flexibility index (Phi) is 26.1. The number of pyridine rings is 13. The maximum absolute atomic E-state index is 13.5. The summed E-state index contributed by atoms with van der Waals surface area (Å²) in [5.74, 6) is 1.68. The van der Waals surface area contributed by atoms with E-state index in [1.54, 1.807) is 187 Å². The number of aryl methyl sites for hydroxylation is 1. The predicted octanol–water partition coefficient (Wildman–Crippen LogP) is 20.9. The second kappa shape index (κ2) is 40.9. The molecular weight excluding hydrogens is 1880 g/mol. The molecule has 148 heavy (non-hydrogen) atoms. The molecule has 0 bridgehead atoms. The van der Waals surface area contributed by atoms with Crippen molar-refractivity contribution in [2.24, 2.45) is 11.8 Å². The Morgan fingerprint density at radius 1 is 0.345 bits per heavy atom. The summed E-state index contributed by atoms with van der Waals surface area (Å²) in [6.45, 7) is 9.55. The first-order valence-corrected chi connectivity index (χ1v) is 46.9. The van der Waals surface area contributed by atoms with Gasteiger partial charge in [-0.25, -0.2) is 57.8 Å². The number of aromatic amines is 8. The molecule has 0 atom stereocenters. The molecule has 21 aromatic heterocycles. The van der Waals surface area contributed by atoms with Gasteiger partial charge in [0.25, 0.3) is 0 Å². The van der Waals surface area contributed by atoms with Gasteiger partial charge in [-0.2, -0.15) is 20.4 Å². The van der Waals surface area contributed by atoms with Gasteiger partial charge in [0.15, 0.2) is 45.9 Å². The van der Waals surface area contributed by atoms with E-state index in [9.17, 15) is 32.3 Å². The van der Waals surface area contributed by atoms with Crippen molar-refractivity contribution in [2.45, 2.75) is 60.3 Å². The van der Waals surface area contributed by atoms with Crippen molar-refractivity contribution in [3.63, 3.8) is 0 Å². The molecule has 0 aliphatic carbocycles. The summed E-state index contributed by atoms with van der Waals surface area (Å²) in [6, 6.07) is 37.9. The van der Waals surface area contributed by atoms with Gasteiger partial charge >= 0.3 is 6.03 Å². The van der Waals surface area contributed by atoms with Gasteiger partial charge in [0, 0.05) is 205 Å². The lowest BCUT2D eigenvalue weighted by molar-refractivity contribution is -0.119. The Bertz CT molecular complexity index is 9130. The number of Topliss-reactive ketones (excluding diaryl/α,β-unsaturated/α-hetero) is 1. The van der Waals surface area contributed by atoms with Crippen LogP contribution in [0.2, 0.25) is 0 Å². The van der Waals surface area contributed by atoms with Gasteiger partial charge in [0.2, 0.25) is 11.8 Å². The van der Waals surface area contributed by atoms with Crippen LogP contribution in [0.4, 0.5) is 35.0 Å². The summed E-state index contributed by atoms with van der Waals surface area (Å²) in [7, 11) is 3.36. The Morgan fingerprint density at radius 3 is 1.01 bits per heavy atom. The minimum atomic E-state index is -0.304. The third-order valence-corrected chi connectivity index (χ3v) is 24.4. The second-order valence-electron chi connectivity index (χ2n) is 35.7. The van der Waals surface area contributed by atoms with Crippen LogP contribution < -0.4 is 16.0 Å². The maximum atomic E-state index is 13.5. The number of imidazole rings is 4. The number of benzene rings is 3. The van der Waals surface area contributed by atoms with Gasteiger partial charge in [-0.3, -0.25) is 79.6 Å². The molecule has 0 aliphatic heterocycles. The predicted molar refractivity (Wildman–Crippen MR) is 557 cm³/mol. The van der Waals surface area contributed by atoms with E-state index in [0.717, 1.165) is 149 Å². The number of urea groups is 1. The number of carbonyl (C=O) groups is 4. The Morgan fingerprint density at radius 2 is 0.669 bits per heavy atom. The molecule has 0 saturated carbocycles. The highest BCUT2D eigenvalue weighted by molar-refractivity contribution is 6.03. The minimum absolute atomic E-state index is 0.0518. The third kappa shape index (κ3) is 20.1. The molecule has 0 spiro atoms. The number of fused-ring (bicyclic) bond motifs is 8. The third-order valence-electron chi connectivity index (χ3n) is 24.4. The molecule has 21 heterocycles. The number of halogens is 3. The molecule has 0 radical (unpaired) electrons. The highest BCUT2D eigenvalue weighted by Crippen LogP contribution is 2.40. The number of hydrogen-bond donors (Lipinski definition) is 11. The fourth-order valence-corrected chi connectivity index (χ4v) is 16.8. The van der Waals surface area contributed by atoms with Crippen molar-refractivity contribution in [1.29, 1.82) is 0 Å². The number of anilines is 3. The van der Waals surface area contributed by atoms with Crippen LogP contribution in [0.3, 0.4) is 0 Å². The quantitative estimate of drug-likeness (QED) is 0.0300. The fraction of sp³-hybridized carbons (Fsp3) is 0.120. The van der Waals surface area contributed by atoms with Gasteiger partial charge in [-0.05, 0) is 126 Å². The SMILES string of the molecule is CC(C)C(=O)Nc1cncc(-c2cnc3n[nH]c(-c4nc5c(-c6ccc(F)cc6)cncc5[nH]4)c3c2)c1.CC(C)CC(=O)Nc1cncc(-c2cnc3n[nH]c(-c4nc5c(-c6ccc(F)cc6)cncc5[nH]4)c3c2)c1.CCC(=O)CCc1cncc(-c2cnc3n[nH]c(-c4nc5c(-c6ccc(F)cc6)cncc5[nH]4)c3c2)c1.CN(C)C(=O)Nc1cncc(-c2cnc3n[nH]c(-c4nc5c(-c6cccnc6)cncc5[nH]4)c3c2)c1. The van der Waals surface area contributed by atoms with E-state index in [4.69, 9.17) is 19.9 Å². The van der Waals surface area contributed by atoms with Gasteiger partial charge in [-0.15, -0.1) is 0 Å². The molecular formula is C108H86F3N33O4. The fourth-order valence-electron chi connectivity index (χ4n) is 16.8. The summed E-state index contributed by atoms with van der Waals surface area (Å²) in [5, 5.41) is 41.3. The first-order chi connectivity index (χ1) is 72.0. The van der Waals surface area contributed by atoms with Gasteiger partial charge < -0.3 is 40.8 Å². The van der Waals surface area contributed by atoms with Crippen LogP contribution in [0.5, 0.6) is 0 Å². The molecule has 24 rings (SSSR count). The van der Waals surface area contributed by atoms with E-state index >= 15 is 0 Å². The molecule has 0 saturated heterocycles. The number of rotatable bonds is 22. The van der Waals surface area contributed by atoms with Crippen molar-refractivity contribution in [3.8, 4) is 135 Å². The number of amides is 4. The van der Waals surface area contributed by atoms with Gasteiger partial charge in [0.1, 0.15) is 51.5 Å². The van der Waals surface area contributed by atoms with Crippen molar-refractivity contribution in [1.82, 2.24) is 150 Å². The van der Waals surface area contributed by atoms with E-state index in [-0.39, 0.29) is 52.9 Å². The van der Waals surface area contributed by atoms with Crippen molar-refractivity contribution in [3.05, 3.63) is 293 Å². The van der Waals surface area contributed by atoms with E-state index in [1.165, 1.54) is 41.3 Å². The summed E-state index contributed by atoms with van der Waals surface area (Å²) in [5.41, 5.74) is 27.0. The van der Waals surface area contributed by atoms with Crippen LogP contribution in [0.25, 0.3) is 223 Å². The number of nitrogens with one attached hydrogen (secondary N) is 11. The zero-order chi connectivity index (χ0) is 102. The van der Waals surface area contributed by atoms with Crippen molar-refractivity contribution >= 4 is 129 Å². The lowest BCUT2D eigenvalue weighted by atomic mass is 10.0. The van der Waals surface area contributed by atoms with E-state index < -0.39 is 0 Å². The minimum Gasteiger partial charge on any atom is -0.335 e. The first kappa shape index (κ1) is 94.3. The molecule has 3 aromatic carbocycles. The molecule has 37 nitrogen and oxygen atoms in total. The average molecular weight is 1970 g/mol. The molecule has 24 aromatic rings. The van der Waals surface area contributed by atoms with Gasteiger partial charge in [0.05, 0.1) is 121 Å². The lowest BCUT2D eigenvalue weighted by Gasteiger charge is -2.12. The van der Waals surface area contributed by atoms with E-state index in [2.05, 4.69) is 141 Å². The van der Waals surface area contributed by atoms with Crippen LogP contribution in [0, 0.1) is 29.3 Å². The molecule has 728 valence electrons. The molecule has 11 N–H and O–H groups in total. The Hall–Kier alpha value is -20.0. The standard InChI is InChI=1S/C28H23FN8O.C28H22FN7O.C27H21FN8O.C25H20N10O/c1-15(2)7-24(38)33-20-8-17(10-30-12-20)18-9-21-26(36-37-27(21)32-11-18)28-34-23-14-31-13-22(25(23)35-28)16-3-5-19(29)6-4-16;1-2-21(37)8-3-16-9-18(12-30-11-16)19-10-22-26(35-36-27(22)32-13-19)28-33-24-15-31-14-23(25(24)34-28)17-4-6-20(29)7-5-17;1-14(2)27(37)32-19-7-16(9-29-11-19)17-8-20-24(35-36-25(20)31-10-17)26-33-22-13-30-12-21(23(22)34-26)15-3-5-18(28)6-4-15;1-35(2)25(36)30-17-6-15(9-27-11-17)16-7-18-22(33-34-23(18)29-10-16)24-31-20-13-28-12-19(21(20)32-24)14-4-3-5-26-8-14/h3-6,8-15H,7H2,1-2H3,(H,33,38)(H,34,35)(H,32,36,37);4-7,9-15H,2-3,8H2,1H3,(H,33,34)(H,32,35,36);3-14H,1-2H3,(H,32,37)(H,33,34)(H,31,35,36);3-13H,1-2H3,(H,30,36)(H,31,32)(H,29,33,34).